The summed E-state index contributed by atoms with van der Waals surface area (Å²) in [5.74, 6) is -2.35. The smallest absolute Gasteiger partial charge is 0.336 e. The predicted octanol–water partition coefficient (Wildman–Crippen LogP) is 0.966. The van der Waals surface area contributed by atoms with Crippen molar-refractivity contribution in [3.63, 3.8) is 0 Å². The summed E-state index contributed by atoms with van der Waals surface area (Å²) in [5.41, 5.74) is -0.194. The molecule has 0 aliphatic carbocycles. The first-order valence-electron chi connectivity index (χ1n) is 4.96. The Morgan fingerprint density at radius 1 is 1.21 bits per heavy atom. The first-order valence-corrected chi connectivity index (χ1v) is 9.47. The molecular formula is C10H11BrO6S2. The van der Waals surface area contributed by atoms with Crippen molar-refractivity contribution in [3.8, 4) is 0 Å². The molecule has 6 nitrogen and oxygen atoms in total. The fourth-order valence-electron chi connectivity index (χ4n) is 1.24. The normalized spacial score (nSPS) is 12.3. The molecular weight excluding hydrogens is 360 g/mol. The van der Waals surface area contributed by atoms with Crippen LogP contribution in [-0.2, 0) is 19.7 Å². The van der Waals surface area contributed by atoms with Gasteiger partial charge in [-0.05, 0) is 34.1 Å². The minimum atomic E-state index is -3.83. The van der Waals surface area contributed by atoms with Gasteiger partial charge < -0.3 is 5.11 Å². The molecule has 1 aromatic carbocycles. The standard InChI is InChI=1S/C10H11BrO6S2/c1-18(14,15)4-5-19(16,17)7-2-3-9(11)8(6-7)10(12)13/h2-3,6H,4-5H2,1H3,(H,12,13). The van der Waals surface area contributed by atoms with E-state index in [1.807, 2.05) is 0 Å². The number of hydrogen-bond acceptors (Lipinski definition) is 5. The minimum absolute atomic E-state index is 0.194. The molecule has 0 amide bonds. The number of rotatable bonds is 5. The van der Waals surface area contributed by atoms with Crippen molar-refractivity contribution in [2.45, 2.75) is 4.90 Å². The van der Waals surface area contributed by atoms with E-state index in [-0.39, 0.29) is 14.9 Å². The lowest BCUT2D eigenvalue weighted by molar-refractivity contribution is 0.0695. The zero-order chi connectivity index (χ0) is 14.8. The molecule has 1 N–H and O–H groups in total. The molecule has 0 aliphatic rings. The molecule has 106 valence electrons. The third-order valence-electron chi connectivity index (χ3n) is 2.25. The quantitative estimate of drug-likeness (QED) is 0.827. The van der Waals surface area contributed by atoms with Crippen LogP contribution in [0.5, 0.6) is 0 Å². The van der Waals surface area contributed by atoms with Gasteiger partial charge in [0.25, 0.3) is 0 Å². The Morgan fingerprint density at radius 2 is 1.79 bits per heavy atom. The second-order valence-corrected chi connectivity index (χ2v) is 9.12. The molecule has 0 heterocycles. The highest BCUT2D eigenvalue weighted by molar-refractivity contribution is 9.10. The average molecular weight is 371 g/mol. The Bertz CT molecular complexity index is 706. The number of sulfone groups is 2. The highest BCUT2D eigenvalue weighted by atomic mass is 79.9. The van der Waals surface area contributed by atoms with Crippen molar-refractivity contribution in [2.24, 2.45) is 0 Å². The fourth-order valence-corrected chi connectivity index (χ4v) is 4.55. The van der Waals surface area contributed by atoms with Crippen molar-refractivity contribution in [3.05, 3.63) is 28.2 Å². The van der Waals surface area contributed by atoms with Crippen molar-refractivity contribution in [1.29, 1.82) is 0 Å². The number of halogens is 1. The molecule has 0 atom stereocenters. The van der Waals surface area contributed by atoms with Gasteiger partial charge in [0.2, 0.25) is 0 Å². The third-order valence-corrected chi connectivity index (χ3v) is 5.86. The Balaban J connectivity index is 3.16. The molecule has 0 saturated heterocycles. The summed E-state index contributed by atoms with van der Waals surface area (Å²) in [4.78, 5) is 10.7. The first kappa shape index (κ1) is 16.1. The van der Waals surface area contributed by atoms with E-state index >= 15 is 0 Å². The SMILES string of the molecule is CS(=O)(=O)CCS(=O)(=O)c1ccc(Br)c(C(=O)O)c1. The predicted molar refractivity (Wildman–Crippen MR) is 72.9 cm³/mol. The van der Waals surface area contributed by atoms with Crippen LogP contribution in [0.3, 0.4) is 0 Å². The summed E-state index contributed by atoms with van der Waals surface area (Å²) in [6.07, 6.45) is 0.937. The van der Waals surface area contributed by atoms with Gasteiger partial charge in [-0.15, -0.1) is 0 Å². The number of carboxylic acids is 1. The summed E-state index contributed by atoms with van der Waals surface area (Å²) in [7, 11) is -7.23. The molecule has 0 aromatic heterocycles. The van der Waals surface area contributed by atoms with Gasteiger partial charge in [0.1, 0.15) is 9.84 Å². The Morgan fingerprint density at radius 3 is 2.26 bits per heavy atom. The molecule has 19 heavy (non-hydrogen) atoms. The Hall–Kier alpha value is -0.930. The summed E-state index contributed by atoms with van der Waals surface area (Å²) in [6.45, 7) is 0. The molecule has 1 rings (SSSR count). The maximum atomic E-state index is 11.9. The number of aromatic carboxylic acids is 1. The number of carbonyl (C=O) groups is 1. The Kier molecular flexibility index (Phi) is 4.75. The summed E-state index contributed by atoms with van der Waals surface area (Å²) in [5, 5.41) is 8.89. The molecule has 0 bridgehead atoms. The molecule has 0 saturated carbocycles. The topological polar surface area (TPSA) is 106 Å². The molecule has 0 radical (unpaired) electrons. The molecule has 0 unspecified atom stereocenters. The van der Waals surface area contributed by atoms with Gasteiger partial charge >= 0.3 is 5.97 Å². The lowest BCUT2D eigenvalue weighted by Gasteiger charge is -2.06. The van der Waals surface area contributed by atoms with Crippen LogP contribution in [0, 0.1) is 0 Å². The number of carboxylic acid groups (broad SMARTS) is 1. The second-order valence-electron chi connectivity index (χ2n) is 3.90. The van der Waals surface area contributed by atoms with E-state index in [0.717, 1.165) is 12.3 Å². The average Bonchev–Trinajstić information content (AvgIpc) is 2.25. The van der Waals surface area contributed by atoms with Crippen LogP contribution >= 0.6 is 15.9 Å². The van der Waals surface area contributed by atoms with Crippen LogP contribution < -0.4 is 0 Å². The van der Waals surface area contributed by atoms with E-state index in [1.54, 1.807) is 0 Å². The van der Waals surface area contributed by atoms with E-state index in [4.69, 9.17) is 5.11 Å². The molecule has 0 fully saturated rings. The van der Waals surface area contributed by atoms with Gasteiger partial charge in [0, 0.05) is 10.7 Å². The van der Waals surface area contributed by atoms with Gasteiger partial charge in [0.15, 0.2) is 9.84 Å². The minimum Gasteiger partial charge on any atom is -0.478 e. The van der Waals surface area contributed by atoms with E-state index < -0.39 is 37.1 Å². The van der Waals surface area contributed by atoms with Gasteiger partial charge in [-0.1, -0.05) is 0 Å². The number of benzene rings is 1. The van der Waals surface area contributed by atoms with Gasteiger partial charge in [0.05, 0.1) is 22.0 Å². The van der Waals surface area contributed by atoms with Gasteiger partial charge in [-0.25, -0.2) is 21.6 Å². The zero-order valence-electron chi connectivity index (χ0n) is 9.83. The summed E-state index contributed by atoms with van der Waals surface area (Å²) >= 11 is 3.00. The van der Waals surface area contributed by atoms with Crippen LogP contribution in [0.1, 0.15) is 10.4 Å². The van der Waals surface area contributed by atoms with E-state index in [1.165, 1.54) is 12.1 Å². The largest absolute Gasteiger partial charge is 0.478 e. The van der Waals surface area contributed by atoms with Crippen LogP contribution in [0.2, 0.25) is 0 Å². The molecule has 0 aliphatic heterocycles. The van der Waals surface area contributed by atoms with Gasteiger partial charge in [-0.2, -0.15) is 0 Å². The molecule has 0 spiro atoms. The highest BCUT2D eigenvalue weighted by Crippen LogP contribution is 2.22. The summed E-state index contributed by atoms with van der Waals surface area (Å²) < 4.78 is 46.0. The fraction of sp³-hybridized carbons (Fsp3) is 0.300. The van der Waals surface area contributed by atoms with Crippen LogP contribution in [0.25, 0.3) is 0 Å². The van der Waals surface area contributed by atoms with Crippen LogP contribution in [-0.4, -0.2) is 45.7 Å². The number of hydrogen-bond donors (Lipinski definition) is 1. The third kappa shape index (κ3) is 4.59. The lowest BCUT2D eigenvalue weighted by atomic mass is 10.2. The van der Waals surface area contributed by atoms with Crippen molar-refractivity contribution in [2.75, 3.05) is 17.8 Å². The maximum Gasteiger partial charge on any atom is 0.336 e. The second kappa shape index (κ2) is 5.59. The van der Waals surface area contributed by atoms with Crippen LogP contribution in [0.15, 0.2) is 27.6 Å². The van der Waals surface area contributed by atoms with Crippen molar-refractivity contribution in [1.82, 2.24) is 0 Å². The first-order chi connectivity index (χ1) is 8.53. The van der Waals surface area contributed by atoms with E-state index in [0.29, 0.717) is 0 Å². The van der Waals surface area contributed by atoms with E-state index in [9.17, 15) is 21.6 Å². The molecule has 1 aromatic rings. The molecule has 9 heteroatoms. The lowest BCUT2D eigenvalue weighted by Crippen LogP contribution is -2.16. The van der Waals surface area contributed by atoms with Crippen LogP contribution in [0.4, 0.5) is 0 Å². The summed E-state index contributed by atoms with van der Waals surface area (Å²) in [6, 6.07) is 3.54. The van der Waals surface area contributed by atoms with Gasteiger partial charge in [-0.3, -0.25) is 0 Å². The van der Waals surface area contributed by atoms with E-state index in [2.05, 4.69) is 15.9 Å². The maximum absolute atomic E-state index is 11.9. The van der Waals surface area contributed by atoms with Crippen molar-refractivity contribution >= 4 is 41.6 Å². The highest BCUT2D eigenvalue weighted by Gasteiger charge is 2.20. The monoisotopic (exact) mass is 370 g/mol. The van der Waals surface area contributed by atoms with Crippen molar-refractivity contribution < 1.29 is 26.7 Å². The zero-order valence-corrected chi connectivity index (χ0v) is 13.0. The Labute approximate surface area is 119 Å².